The first kappa shape index (κ1) is 19.6. The van der Waals surface area contributed by atoms with Crippen LogP contribution in [0.3, 0.4) is 0 Å². The molecule has 1 atom stereocenters. The third-order valence-electron chi connectivity index (χ3n) is 4.50. The number of thiophene rings is 1. The largest absolute Gasteiger partial charge is 0.448 e. The molecule has 0 fully saturated rings. The number of hydrogen-bond donors (Lipinski definition) is 1. The van der Waals surface area contributed by atoms with Gasteiger partial charge < -0.3 is 10.1 Å². The van der Waals surface area contributed by atoms with Crippen LogP contribution < -0.4 is 10.9 Å². The third kappa shape index (κ3) is 3.63. The number of anilines is 1. The molecule has 2 aromatic heterocycles. The van der Waals surface area contributed by atoms with E-state index >= 15 is 0 Å². The van der Waals surface area contributed by atoms with Crippen LogP contribution in [0.2, 0.25) is 0 Å². The van der Waals surface area contributed by atoms with Crippen molar-refractivity contribution in [3.8, 4) is 5.69 Å². The molecular weight excluding hydrogens is 378 g/mol. The van der Waals surface area contributed by atoms with E-state index in [0.717, 1.165) is 5.56 Å². The van der Waals surface area contributed by atoms with Crippen LogP contribution in [0.15, 0.2) is 46.6 Å². The number of carbonyl (C=O) groups excluding carboxylic acids is 2. The molecule has 2 heterocycles. The first-order chi connectivity index (χ1) is 13.3. The minimum atomic E-state index is -1.04. The van der Waals surface area contributed by atoms with Gasteiger partial charge in [-0.15, -0.1) is 11.3 Å². The van der Waals surface area contributed by atoms with Crippen molar-refractivity contribution in [2.45, 2.75) is 26.9 Å². The summed E-state index contributed by atoms with van der Waals surface area (Å²) < 4.78 is 8.39. The Morgan fingerprint density at radius 1 is 1.14 bits per heavy atom. The van der Waals surface area contributed by atoms with Gasteiger partial charge in [-0.1, -0.05) is 18.2 Å². The molecule has 146 valence electrons. The number of amides is 1. The average Bonchev–Trinajstić information content (AvgIpc) is 3.19. The molecule has 0 spiro atoms. The van der Waals surface area contributed by atoms with Gasteiger partial charge in [-0.3, -0.25) is 14.3 Å². The van der Waals surface area contributed by atoms with E-state index in [2.05, 4.69) is 5.32 Å². The number of nitrogens with zero attached hydrogens (tertiary/aromatic N) is 2. The van der Waals surface area contributed by atoms with Crippen molar-refractivity contribution in [2.24, 2.45) is 7.05 Å². The summed E-state index contributed by atoms with van der Waals surface area (Å²) in [4.78, 5) is 38.0. The van der Waals surface area contributed by atoms with Crippen molar-refractivity contribution in [1.29, 1.82) is 0 Å². The minimum Gasteiger partial charge on any atom is -0.448 e. The van der Waals surface area contributed by atoms with Gasteiger partial charge in [0.1, 0.15) is 10.6 Å². The van der Waals surface area contributed by atoms with Crippen LogP contribution in [0, 0.1) is 13.8 Å². The molecular formula is C20H21N3O4S. The maximum atomic E-state index is 12.8. The standard InChI is InChI=1S/C20H21N3O4S/c1-12-10-11-28-17(12)20(26)27-14(3)18(24)21-16-13(2)22(4)23(19(16)25)15-8-6-5-7-9-15/h5-11,14H,1-4H3,(H,21,24)/t14-/m1/s1. The van der Waals surface area contributed by atoms with Crippen molar-refractivity contribution >= 4 is 28.9 Å². The van der Waals surface area contributed by atoms with Gasteiger partial charge in [0.25, 0.3) is 11.5 Å². The number of hydrogen-bond acceptors (Lipinski definition) is 5. The average molecular weight is 399 g/mol. The van der Waals surface area contributed by atoms with Crippen molar-refractivity contribution in [3.05, 3.63) is 68.3 Å². The van der Waals surface area contributed by atoms with Crippen LogP contribution in [0.25, 0.3) is 5.69 Å². The quantitative estimate of drug-likeness (QED) is 0.669. The summed E-state index contributed by atoms with van der Waals surface area (Å²) in [5.74, 6) is -1.12. The van der Waals surface area contributed by atoms with E-state index in [-0.39, 0.29) is 11.2 Å². The van der Waals surface area contributed by atoms with Crippen molar-refractivity contribution in [2.75, 3.05) is 5.32 Å². The van der Waals surface area contributed by atoms with Gasteiger partial charge in [-0.05, 0) is 49.9 Å². The van der Waals surface area contributed by atoms with Gasteiger partial charge in [0, 0.05) is 7.05 Å². The zero-order valence-corrected chi connectivity index (χ0v) is 16.9. The zero-order valence-electron chi connectivity index (χ0n) is 16.1. The van der Waals surface area contributed by atoms with E-state index in [1.165, 1.54) is 22.9 Å². The number of rotatable bonds is 5. The number of esters is 1. The van der Waals surface area contributed by atoms with Crippen LogP contribution in [0.5, 0.6) is 0 Å². The molecule has 0 saturated heterocycles. The van der Waals surface area contributed by atoms with E-state index in [1.807, 2.05) is 24.3 Å². The molecule has 1 amide bonds. The number of ether oxygens (including phenoxy) is 1. The molecule has 1 N–H and O–H groups in total. The van der Waals surface area contributed by atoms with Gasteiger partial charge in [0.05, 0.1) is 11.4 Å². The SMILES string of the molecule is Cc1ccsc1C(=O)O[C@H](C)C(=O)Nc1c(C)n(C)n(-c2ccccc2)c1=O. The third-order valence-corrected chi connectivity index (χ3v) is 5.50. The molecule has 7 nitrogen and oxygen atoms in total. The number of para-hydroxylation sites is 1. The van der Waals surface area contributed by atoms with Crippen LogP contribution >= 0.6 is 11.3 Å². The highest BCUT2D eigenvalue weighted by molar-refractivity contribution is 7.12. The summed E-state index contributed by atoms with van der Waals surface area (Å²) in [5, 5.41) is 4.40. The molecule has 8 heteroatoms. The summed E-state index contributed by atoms with van der Waals surface area (Å²) in [5.41, 5.74) is 1.88. The second-order valence-corrected chi connectivity index (χ2v) is 7.32. The van der Waals surface area contributed by atoms with E-state index < -0.39 is 18.0 Å². The van der Waals surface area contributed by atoms with Gasteiger partial charge in [0.2, 0.25) is 0 Å². The van der Waals surface area contributed by atoms with Crippen LogP contribution in [0.4, 0.5) is 5.69 Å². The maximum absolute atomic E-state index is 12.8. The molecule has 0 aliphatic heterocycles. The molecule has 3 aromatic rings. The lowest BCUT2D eigenvalue weighted by Gasteiger charge is -2.12. The number of nitrogens with one attached hydrogen (secondary N) is 1. The molecule has 0 unspecified atom stereocenters. The summed E-state index contributed by atoms with van der Waals surface area (Å²) in [6, 6.07) is 10.9. The van der Waals surface area contributed by atoms with E-state index in [1.54, 1.807) is 43.1 Å². The zero-order chi connectivity index (χ0) is 20.4. The van der Waals surface area contributed by atoms with E-state index in [0.29, 0.717) is 16.3 Å². The number of aromatic nitrogens is 2. The summed E-state index contributed by atoms with van der Waals surface area (Å²) >= 11 is 1.26. The van der Waals surface area contributed by atoms with Gasteiger partial charge in [-0.25, -0.2) is 9.48 Å². The molecule has 0 saturated carbocycles. The van der Waals surface area contributed by atoms with E-state index in [9.17, 15) is 14.4 Å². The summed E-state index contributed by atoms with van der Waals surface area (Å²) in [7, 11) is 1.74. The Balaban J connectivity index is 1.80. The van der Waals surface area contributed by atoms with Crippen LogP contribution in [-0.2, 0) is 16.6 Å². The molecule has 0 bridgehead atoms. The fraction of sp³-hybridized carbons (Fsp3) is 0.250. The van der Waals surface area contributed by atoms with Crippen molar-refractivity contribution in [1.82, 2.24) is 9.36 Å². The summed E-state index contributed by atoms with van der Waals surface area (Å²) in [6.45, 7) is 5.02. The fourth-order valence-corrected chi connectivity index (χ4v) is 3.59. The second kappa shape index (κ2) is 7.85. The smallest absolute Gasteiger partial charge is 0.349 e. The monoisotopic (exact) mass is 399 g/mol. The van der Waals surface area contributed by atoms with Crippen molar-refractivity contribution < 1.29 is 14.3 Å². The van der Waals surface area contributed by atoms with Crippen LogP contribution in [0.1, 0.15) is 27.9 Å². The lowest BCUT2D eigenvalue weighted by molar-refractivity contribution is -0.123. The molecule has 0 radical (unpaired) electrons. The van der Waals surface area contributed by atoms with Crippen LogP contribution in [-0.4, -0.2) is 27.3 Å². The topological polar surface area (TPSA) is 82.3 Å². The fourth-order valence-electron chi connectivity index (χ4n) is 2.79. The molecule has 1 aromatic carbocycles. The van der Waals surface area contributed by atoms with E-state index in [4.69, 9.17) is 4.74 Å². The molecule has 3 rings (SSSR count). The van der Waals surface area contributed by atoms with Gasteiger partial charge in [0.15, 0.2) is 6.10 Å². The Bertz CT molecular complexity index is 1080. The second-order valence-electron chi connectivity index (χ2n) is 6.41. The first-order valence-electron chi connectivity index (χ1n) is 8.71. The Morgan fingerprint density at radius 3 is 2.43 bits per heavy atom. The Morgan fingerprint density at radius 2 is 1.82 bits per heavy atom. The number of carbonyl (C=O) groups is 2. The van der Waals surface area contributed by atoms with Crippen molar-refractivity contribution in [3.63, 3.8) is 0 Å². The normalized spacial score (nSPS) is 11.9. The number of benzene rings is 1. The first-order valence-corrected chi connectivity index (χ1v) is 9.59. The van der Waals surface area contributed by atoms with Gasteiger partial charge in [-0.2, -0.15) is 0 Å². The Labute approximate surface area is 166 Å². The van der Waals surface area contributed by atoms with Gasteiger partial charge >= 0.3 is 5.97 Å². The highest BCUT2D eigenvalue weighted by Crippen LogP contribution is 2.18. The predicted molar refractivity (Wildman–Crippen MR) is 108 cm³/mol. The molecule has 0 aliphatic rings. The minimum absolute atomic E-state index is 0.159. The Kier molecular flexibility index (Phi) is 5.51. The summed E-state index contributed by atoms with van der Waals surface area (Å²) in [6.07, 6.45) is -1.04. The Hall–Kier alpha value is -3.13. The maximum Gasteiger partial charge on any atom is 0.349 e. The molecule has 0 aliphatic carbocycles. The highest BCUT2D eigenvalue weighted by Gasteiger charge is 2.24. The predicted octanol–water partition coefficient (Wildman–Crippen LogP) is 3.04. The lowest BCUT2D eigenvalue weighted by atomic mass is 10.3. The molecule has 28 heavy (non-hydrogen) atoms. The lowest BCUT2D eigenvalue weighted by Crippen LogP contribution is -2.32. The number of aryl methyl sites for hydroxylation is 1. The highest BCUT2D eigenvalue weighted by atomic mass is 32.1.